The van der Waals surface area contributed by atoms with Gasteiger partial charge in [0.05, 0.1) is 21.3 Å². The molecule has 0 amide bonds. The van der Waals surface area contributed by atoms with Crippen molar-refractivity contribution in [3.63, 3.8) is 0 Å². The fraction of sp³-hybridized carbons (Fsp3) is 0.263. The molecule has 1 aromatic heterocycles. The first-order valence-corrected chi connectivity index (χ1v) is 9.25. The number of hydrogen-bond acceptors (Lipinski definition) is 7. The van der Waals surface area contributed by atoms with Crippen LogP contribution in [0.5, 0.6) is 17.2 Å². The summed E-state index contributed by atoms with van der Waals surface area (Å²) in [5, 5.41) is 9.10. The first kappa shape index (κ1) is 18.9. The van der Waals surface area contributed by atoms with Crippen molar-refractivity contribution >= 4 is 11.8 Å². The molecule has 142 valence electrons. The highest BCUT2D eigenvalue weighted by atomic mass is 32.2. The summed E-state index contributed by atoms with van der Waals surface area (Å²) in [5.41, 5.74) is 3.19. The second-order valence-corrected chi connectivity index (χ2v) is 6.75. The Kier molecular flexibility index (Phi) is 5.75. The predicted octanol–water partition coefficient (Wildman–Crippen LogP) is 3.29. The average Bonchev–Trinajstić information content (AvgIpc) is 3.06. The second-order valence-electron chi connectivity index (χ2n) is 5.81. The molecule has 0 saturated carbocycles. The van der Waals surface area contributed by atoms with Gasteiger partial charge < -0.3 is 20.1 Å². The number of benzene rings is 2. The van der Waals surface area contributed by atoms with Crippen LogP contribution in [-0.2, 0) is 5.75 Å². The molecule has 0 aliphatic rings. The molecule has 0 bridgehead atoms. The maximum Gasteiger partial charge on any atom is 0.210 e. The van der Waals surface area contributed by atoms with Crippen molar-refractivity contribution in [3.8, 4) is 28.6 Å². The van der Waals surface area contributed by atoms with Crippen LogP contribution >= 0.6 is 11.8 Å². The van der Waals surface area contributed by atoms with Gasteiger partial charge in [-0.2, -0.15) is 0 Å². The standard InChI is InChI=1S/C19H22N4O3S/c1-12-7-5-6-8-13(12)11-27-19-22-21-18(23(19)20)14-9-15(24-2)17(26-4)16(10-14)25-3/h5-10H,11,20H2,1-4H3. The third-order valence-corrected chi connectivity index (χ3v) is 5.20. The fourth-order valence-corrected chi connectivity index (χ4v) is 3.63. The molecule has 3 aromatic rings. The van der Waals surface area contributed by atoms with Crippen LogP contribution in [0.15, 0.2) is 41.6 Å². The molecule has 3 rings (SSSR count). The van der Waals surface area contributed by atoms with E-state index in [9.17, 15) is 0 Å². The Morgan fingerprint density at radius 2 is 1.67 bits per heavy atom. The molecule has 7 nitrogen and oxygen atoms in total. The Bertz CT molecular complexity index is 917. The number of methoxy groups -OCH3 is 3. The van der Waals surface area contributed by atoms with Crippen molar-refractivity contribution in [2.24, 2.45) is 0 Å². The Morgan fingerprint density at radius 3 is 2.26 bits per heavy atom. The summed E-state index contributed by atoms with van der Waals surface area (Å²) >= 11 is 1.53. The van der Waals surface area contributed by atoms with Gasteiger partial charge >= 0.3 is 0 Å². The van der Waals surface area contributed by atoms with Crippen molar-refractivity contribution in [2.45, 2.75) is 17.8 Å². The van der Waals surface area contributed by atoms with Crippen LogP contribution < -0.4 is 20.1 Å². The minimum atomic E-state index is 0.515. The molecule has 27 heavy (non-hydrogen) atoms. The van der Waals surface area contributed by atoms with Crippen molar-refractivity contribution in [3.05, 3.63) is 47.5 Å². The SMILES string of the molecule is COc1cc(-c2nnc(SCc3ccccc3C)n2N)cc(OC)c1OC. The summed E-state index contributed by atoms with van der Waals surface area (Å²) in [6.45, 7) is 2.09. The lowest BCUT2D eigenvalue weighted by Crippen LogP contribution is -2.11. The van der Waals surface area contributed by atoms with E-state index >= 15 is 0 Å². The molecule has 8 heteroatoms. The van der Waals surface area contributed by atoms with Crippen LogP contribution in [0.4, 0.5) is 0 Å². The van der Waals surface area contributed by atoms with E-state index in [2.05, 4.69) is 29.3 Å². The average molecular weight is 386 g/mol. The van der Waals surface area contributed by atoms with E-state index in [-0.39, 0.29) is 0 Å². The third-order valence-electron chi connectivity index (χ3n) is 4.21. The highest BCUT2D eigenvalue weighted by Gasteiger charge is 2.19. The molecule has 0 saturated heterocycles. The van der Waals surface area contributed by atoms with Crippen molar-refractivity contribution in [1.29, 1.82) is 0 Å². The minimum absolute atomic E-state index is 0.515. The number of nitrogen functional groups attached to an aromatic ring is 1. The van der Waals surface area contributed by atoms with Gasteiger partial charge in [-0.1, -0.05) is 36.0 Å². The number of nitrogens with zero attached hydrogens (tertiary/aromatic N) is 3. The molecule has 2 aromatic carbocycles. The Balaban J connectivity index is 1.90. The lowest BCUT2D eigenvalue weighted by molar-refractivity contribution is 0.324. The number of nitrogens with two attached hydrogens (primary N) is 1. The van der Waals surface area contributed by atoms with Crippen molar-refractivity contribution in [1.82, 2.24) is 14.9 Å². The molecular weight excluding hydrogens is 364 g/mol. The van der Waals surface area contributed by atoms with Gasteiger partial charge in [0.1, 0.15) is 0 Å². The van der Waals surface area contributed by atoms with E-state index in [1.807, 2.05) is 12.1 Å². The Labute approximate surface area is 162 Å². The maximum absolute atomic E-state index is 6.25. The fourth-order valence-electron chi connectivity index (χ4n) is 2.70. The summed E-state index contributed by atoms with van der Waals surface area (Å²) in [6, 6.07) is 11.8. The van der Waals surface area contributed by atoms with Crippen molar-refractivity contribution < 1.29 is 14.2 Å². The highest BCUT2D eigenvalue weighted by molar-refractivity contribution is 7.98. The normalized spacial score (nSPS) is 10.7. The summed E-state index contributed by atoms with van der Waals surface area (Å²) in [5.74, 6) is 9.10. The Hall–Kier alpha value is -2.87. The summed E-state index contributed by atoms with van der Waals surface area (Å²) in [4.78, 5) is 0. The molecule has 0 aliphatic carbocycles. The lowest BCUT2D eigenvalue weighted by Gasteiger charge is -2.13. The molecule has 0 fully saturated rings. The van der Waals surface area contributed by atoms with Crippen LogP contribution in [0.3, 0.4) is 0 Å². The van der Waals surface area contributed by atoms with E-state index in [1.165, 1.54) is 27.6 Å². The molecule has 0 atom stereocenters. The van der Waals surface area contributed by atoms with Crippen LogP contribution in [0.2, 0.25) is 0 Å². The minimum Gasteiger partial charge on any atom is -0.493 e. The number of rotatable bonds is 7. The number of aromatic nitrogens is 3. The molecule has 2 N–H and O–H groups in total. The summed E-state index contributed by atoms with van der Waals surface area (Å²) in [7, 11) is 4.70. The van der Waals surface area contributed by atoms with E-state index in [4.69, 9.17) is 20.1 Å². The second kappa shape index (κ2) is 8.22. The zero-order chi connectivity index (χ0) is 19.4. The topological polar surface area (TPSA) is 84.4 Å². The van der Waals surface area contributed by atoms with Gasteiger partial charge in [0, 0.05) is 11.3 Å². The van der Waals surface area contributed by atoms with Gasteiger partial charge in [0.15, 0.2) is 17.3 Å². The third kappa shape index (κ3) is 3.80. The van der Waals surface area contributed by atoms with E-state index in [1.54, 1.807) is 33.5 Å². The molecule has 0 unspecified atom stereocenters. The highest BCUT2D eigenvalue weighted by Crippen LogP contribution is 2.41. The molecular formula is C19H22N4O3S. The van der Waals surface area contributed by atoms with Gasteiger partial charge in [0.2, 0.25) is 10.9 Å². The van der Waals surface area contributed by atoms with E-state index in [0.717, 1.165) is 11.3 Å². The summed E-state index contributed by atoms with van der Waals surface area (Å²) < 4.78 is 17.6. The van der Waals surface area contributed by atoms with Crippen LogP contribution in [0.1, 0.15) is 11.1 Å². The molecule has 0 radical (unpaired) electrons. The quantitative estimate of drug-likeness (QED) is 0.493. The Morgan fingerprint density at radius 1 is 1.00 bits per heavy atom. The van der Waals surface area contributed by atoms with Gasteiger partial charge in [-0.25, -0.2) is 4.68 Å². The van der Waals surface area contributed by atoms with Crippen molar-refractivity contribution in [2.75, 3.05) is 27.2 Å². The van der Waals surface area contributed by atoms with E-state index < -0.39 is 0 Å². The first-order valence-electron chi connectivity index (χ1n) is 8.27. The number of hydrogen-bond donors (Lipinski definition) is 1. The smallest absolute Gasteiger partial charge is 0.210 e. The zero-order valence-corrected chi connectivity index (χ0v) is 16.5. The monoisotopic (exact) mass is 386 g/mol. The van der Waals surface area contributed by atoms with E-state index in [0.29, 0.717) is 28.2 Å². The first-order chi connectivity index (χ1) is 13.1. The molecule has 0 spiro atoms. The van der Waals surface area contributed by atoms with Gasteiger partial charge in [-0.3, -0.25) is 0 Å². The number of thioether (sulfide) groups is 1. The zero-order valence-electron chi connectivity index (χ0n) is 15.7. The maximum atomic E-state index is 6.25. The number of aryl methyl sites for hydroxylation is 1. The van der Waals surface area contributed by atoms with Gasteiger partial charge in [0.25, 0.3) is 0 Å². The van der Waals surface area contributed by atoms with Gasteiger partial charge in [-0.15, -0.1) is 10.2 Å². The molecule has 0 aliphatic heterocycles. The van der Waals surface area contributed by atoms with Crippen LogP contribution in [-0.4, -0.2) is 36.2 Å². The predicted molar refractivity (Wildman–Crippen MR) is 106 cm³/mol. The largest absolute Gasteiger partial charge is 0.493 e. The van der Waals surface area contributed by atoms with Gasteiger partial charge in [-0.05, 0) is 30.2 Å². The molecule has 1 heterocycles. The van der Waals surface area contributed by atoms with Crippen LogP contribution in [0.25, 0.3) is 11.4 Å². The number of ether oxygens (including phenoxy) is 3. The lowest BCUT2D eigenvalue weighted by atomic mass is 10.1. The summed E-state index contributed by atoms with van der Waals surface area (Å²) in [6.07, 6.45) is 0. The van der Waals surface area contributed by atoms with Crippen LogP contribution in [0, 0.1) is 6.92 Å².